The molecule has 1 aromatic rings. The van der Waals surface area contributed by atoms with Crippen molar-refractivity contribution >= 4 is 12.0 Å². The fourth-order valence-corrected chi connectivity index (χ4v) is 1.13. The van der Waals surface area contributed by atoms with Crippen molar-refractivity contribution in [2.45, 2.75) is 19.5 Å². The molecule has 0 radical (unpaired) electrons. The van der Waals surface area contributed by atoms with E-state index in [1.165, 1.54) is 19.1 Å². The van der Waals surface area contributed by atoms with Crippen molar-refractivity contribution in [3.63, 3.8) is 0 Å². The first kappa shape index (κ1) is 13.0. The molecular formula is C11H13FN2O3. The van der Waals surface area contributed by atoms with Crippen molar-refractivity contribution in [3.05, 3.63) is 35.6 Å². The van der Waals surface area contributed by atoms with Crippen LogP contribution in [0.4, 0.5) is 9.18 Å². The smallest absolute Gasteiger partial charge is 0.325 e. The van der Waals surface area contributed by atoms with Crippen LogP contribution in [0.1, 0.15) is 12.5 Å². The number of rotatable bonds is 4. The van der Waals surface area contributed by atoms with Crippen LogP contribution < -0.4 is 10.6 Å². The maximum absolute atomic E-state index is 13.2. The molecule has 0 saturated heterocycles. The summed E-state index contributed by atoms with van der Waals surface area (Å²) in [5.74, 6) is -1.55. The van der Waals surface area contributed by atoms with Gasteiger partial charge in [0.1, 0.15) is 11.9 Å². The highest BCUT2D eigenvalue weighted by molar-refractivity contribution is 5.82. The number of benzene rings is 1. The quantitative estimate of drug-likeness (QED) is 0.737. The average Bonchev–Trinajstić information content (AvgIpc) is 2.27. The van der Waals surface area contributed by atoms with E-state index >= 15 is 0 Å². The van der Waals surface area contributed by atoms with E-state index in [0.717, 1.165) is 0 Å². The van der Waals surface area contributed by atoms with Crippen LogP contribution in [-0.4, -0.2) is 23.1 Å². The number of carboxylic acid groups (broad SMARTS) is 1. The van der Waals surface area contributed by atoms with Crippen LogP contribution in [-0.2, 0) is 11.3 Å². The lowest BCUT2D eigenvalue weighted by Crippen LogP contribution is -2.44. The minimum absolute atomic E-state index is 0.00481. The molecule has 5 nitrogen and oxygen atoms in total. The number of amides is 2. The lowest BCUT2D eigenvalue weighted by atomic mass is 10.2. The van der Waals surface area contributed by atoms with E-state index in [1.807, 2.05) is 0 Å². The van der Waals surface area contributed by atoms with Crippen LogP contribution in [0.25, 0.3) is 0 Å². The number of carboxylic acids is 1. The summed E-state index contributed by atoms with van der Waals surface area (Å²) in [6, 6.07) is 4.38. The Balaban J connectivity index is 2.44. The molecule has 3 N–H and O–H groups in total. The Morgan fingerprint density at radius 3 is 2.65 bits per heavy atom. The van der Waals surface area contributed by atoms with Gasteiger partial charge in [-0.05, 0) is 13.0 Å². The van der Waals surface area contributed by atoms with Gasteiger partial charge in [-0.2, -0.15) is 0 Å². The molecule has 1 aromatic carbocycles. The van der Waals surface area contributed by atoms with Gasteiger partial charge in [0.05, 0.1) is 0 Å². The predicted molar refractivity (Wildman–Crippen MR) is 58.9 cm³/mol. The van der Waals surface area contributed by atoms with Gasteiger partial charge < -0.3 is 15.7 Å². The molecule has 0 aliphatic carbocycles. The number of carbonyl (C=O) groups is 2. The van der Waals surface area contributed by atoms with Gasteiger partial charge in [-0.15, -0.1) is 0 Å². The Morgan fingerprint density at radius 1 is 1.41 bits per heavy atom. The Kier molecular flexibility index (Phi) is 4.45. The molecule has 0 heterocycles. The van der Waals surface area contributed by atoms with E-state index in [9.17, 15) is 14.0 Å². The van der Waals surface area contributed by atoms with Crippen LogP contribution in [0.15, 0.2) is 24.3 Å². The van der Waals surface area contributed by atoms with Crippen molar-refractivity contribution in [3.8, 4) is 0 Å². The molecule has 2 amide bonds. The molecule has 0 aliphatic heterocycles. The molecule has 1 atom stereocenters. The number of halogens is 1. The van der Waals surface area contributed by atoms with Gasteiger partial charge >= 0.3 is 12.0 Å². The van der Waals surface area contributed by atoms with Gasteiger partial charge in [0.25, 0.3) is 0 Å². The summed E-state index contributed by atoms with van der Waals surface area (Å²) in [4.78, 5) is 21.7. The summed E-state index contributed by atoms with van der Waals surface area (Å²) in [7, 11) is 0. The highest BCUT2D eigenvalue weighted by Crippen LogP contribution is 2.05. The lowest BCUT2D eigenvalue weighted by Gasteiger charge is -2.10. The van der Waals surface area contributed by atoms with Crippen molar-refractivity contribution in [1.29, 1.82) is 0 Å². The molecular weight excluding hydrogens is 227 g/mol. The van der Waals surface area contributed by atoms with Gasteiger partial charge in [-0.3, -0.25) is 4.79 Å². The zero-order chi connectivity index (χ0) is 12.8. The normalized spacial score (nSPS) is 11.6. The third-order valence-corrected chi connectivity index (χ3v) is 2.12. The Labute approximate surface area is 97.6 Å². The third-order valence-electron chi connectivity index (χ3n) is 2.12. The predicted octanol–water partition coefficient (Wildman–Crippen LogP) is 1.10. The average molecular weight is 240 g/mol. The van der Waals surface area contributed by atoms with Crippen LogP contribution in [0, 0.1) is 5.82 Å². The van der Waals surface area contributed by atoms with Crippen molar-refractivity contribution in [1.82, 2.24) is 10.6 Å². The number of aliphatic carboxylic acids is 1. The first-order valence-electron chi connectivity index (χ1n) is 5.01. The van der Waals surface area contributed by atoms with Crippen molar-refractivity contribution < 1.29 is 19.1 Å². The summed E-state index contributed by atoms with van der Waals surface area (Å²) in [6.45, 7) is 1.34. The van der Waals surface area contributed by atoms with Crippen LogP contribution >= 0.6 is 0 Å². The summed E-state index contributed by atoms with van der Waals surface area (Å²) in [5, 5.41) is 13.1. The number of nitrogens with one attached hydrogen (secondary N) is 2. The Hall–Kier alpha value is -2.11. The second-order valence-electron chi connectivity index (χ2n) is 3.48. The molecule has 0 saturated carbocycles. The fourth-order valence-electron chi connectivity index (χ4n) is 1.13. The van der Waals surface area contributed by atoms with Gasteiger partial charge in [0, 0.05) is 12.1 Å². The molecule has 1 rings (SSSR count). The molecule has 0 aromatic heterocycles. The number of hydrogen-bond donors (Lipinski definition) is 3. The zero-order valence-electron chi connectivity index (χ0n) is 9.24. The van der Waals surface area contributed by atoms with Crippen molar-refractivity contribution in [2.24, 2.45) is 0 Å². The van der Waals surface area contributed by atoms with Gasteiger partial charge in [-0.1, -0.05) is 18.2 Å². The minimum Gasteiger partial charge on any atom is -0.480 e. The lowest BCUT2D eigenvalue weighted by molar-refractivity contribution is -0.138. The second-order valence-corrected chi connectivity index (χ2v) is 3.48. The monoisotopic (exact) mass is 240 g/mol. The van der Waals surface area contributed by atoms with Crippen molar-refractivity contribution in [2.75, 3.05) is 0 Å². The van der Waals surface area contributed by atoms with Crippen LogP contribution in [0.5, 0.6) is 0 Å². The molecule has 1 unspecified atom stereocenters. The first-order valence-corrected chi connectivity index (χ1v) is 5.01. The van der Waals surface area contributed by atoms with E-state index in [2.05, 4.69) is 10.6 Å². The molecule has 17 heavy (non-hydrogen) atoms. The summed E-state index contributed by atoms with van der Waals surface area (Å²) in [5.41, 5.74) is 0.339. The zero-order valence-corrected chi connectivity index (χ0v) is 9.24. The molecule has 0 spiro atoms. The fraction of sp³-hybridized carbons (Fsp3) is 0.273. The third kappa shape index (κ3) is 4.10. The summed E-state index contributed by atoms with van der Waals surface area (Å²) < 4.78 is 13.2. The first-order chi connectivity index (χ1) is 8.00. The largest absolute Gasteiger partial charge is 0.480 e. The van der Waals surface area contributed by atoms with Gasteiger partial charge in [0.15, 0.2) is 0 Å². The van der Waals surface area contributed by atoms with Gasteiger partial charge in [0.2, 0.25) is 0 Å². The van der Waals surface area contributed by atoms with Crippen LogP contribution in [0.2, 0.25) is 0 Å². The Morgan fingerprint density at radius 2 is 2.06 bits per heavy atom. The maximum Gasteiger partial charge on any atom is 0.325 e. The van der Waals surface area contributed by atoms with E-state index in [4.69, 9.17) is 5.11 Å². The van der Waals surface area contributed by atoms with E-state index in [-0.39, 0.29) is 6.54 Å². The highest BCUT2D eigenvalue weighted by Gasteiger charge is 2.13. The molecule has 92 valence electrons. The molecule has 0 fully saturated rings. The van der Waals surface area contributed by atoms with Gasteiger partial charge in [-0.25, -0.2) is 9.18 Å². The molecule has 0 bridgehead atoms. The second kappa shape index (κ2) is 5.83. The van der Waals surface area contributed by atoms with E-state index < -0.39 is 23.9 Å². The molecule has 6 heteroatoms. The minimum atomic E-state index is -1.13. The number of carbonyl (C=O) groups excluding carboxylic acids is 1. The molecule has 0 aliphatic rings. The number of hydrogen-bond acceptors (Lipinski definition) is 2. The topological polar surface area (TPSA) is 78.4 Å². The van der Waals surface area contributed by atoms with E-state index in [0.29, 0.717) is 5.56 Å². The van der Waals surface area contributed by atoms with E-state index in [1.54, 1.807) is 12.1 Å². The SMILES string of the molecule is CC(NC(=O)NCc1ccccc1F)C(=O)O. The summed E-state index contributed by atoms with van der Waals surface area (Å²) >= 11 is 0. The standard InChI is InChI=1S/C11H13FN2O3/c1-7(10(15)16)14-11(17)13-6-8-4-2-3-5-9(8)12/h2-5,7H,6H2,1H3,(H,15,16)(H2,13,14,17). The van der Waals surface area contributed by atoms with Crippen LogP contribution in [0.3, 0.4) is 0 Å². The highest BCUT2D eigenvalue weighted by atomic mass is 19.1. The maximum atomic E-state index is 13.2. The summed E-state index contributed by atoms with van der Waals surface area (Å²) in [6.07, 6.45) is 0. The number of urea groups is 1. The Bertz CT molecular complexity index is 423.